The van der Waals surface area contributed by atoms with Gasteiger partial charge in [0.2, 0.25) is 0 Å². The molecule has 0 aliphatic carbocycles. The Labute approximate surface area is 263 Å². The third-order valence-corrected chi connectivity index (χ3v) is 8.86. The van der Waals surface area contributed by atoms with Gasteiger partial charge in [0.25, 0.3) is 11.9 Å². The van der Waals surface area contributed by atoms with E-state index in [1.54, 1.807) is 29.2 Å². The summed E-state index contributed by atoms with van der Waals surface area (Å²) in [5.41, 5.74) is 10.7. The highest BCUT2D eigenvalue weighted by Gasteiger charge is 2.31. The molecule has 0 saturated carbocycles. The van der Waals surface area contributed by atoms with Crippen molar-refractivity contribution in [1.82, 2.24) is 14.8 Å². The first-order valence-corrected chi connectivity index (χ1v) is 15.4. The molecule has 1 amide bonds. The molecule has 3 N–H and O–H groups in total. The number of carboxylic acid groups (broad SMARTS) is 1. The number of carboxylic acids is 1. The van der Waals surface area contributed by atoms with E-state index < -0.39 is 5.97 Å². The average Bonchev–Trinajstić information content (AvgIpc) is 3.53. The number of ether oxygens (including phenoxy) is 2. The van der Waals surface area contributed by atoms with Gasteiger partial charge in [-0.1, -0.05) is 48.2 Å². The smallest absolute Gasteiger partial charge is 0.335 e. The maximum Gasteiger partial charge on any atom is 0.335 e. The van der Waals surface area contributed by atoms with E-state index in [0.717, 1.165) is 55.1 Å². The minimum atomic E-state index is -0.974. The van der Waals surface area contributed by atoms with Crippen molar-refractivity contribution in [2.24, 2.45) is 0 Å². The molecule has 2 saturated heterocycles. The summed E-state index contributed by atoms with van der Waals surface area (Å²) in [6, 6.07) is 18.3. The quantitative estimate of drug-likeness (QED) is 0.183. The Morgan fingerprint density at radius 2 is 1.89 bits per heavy atom. The van der Waals surface area contributed by atoms with Crippen molar-refractivity contribution in [2.45, 2.75) is 6.42 Å². The number of anilines is 1. The van der Waals surface area contributed by atoms with Gasteiger partial charge >= 0.3 is 5.97 Å². The zero-order chi connectivity index (χ0) is 30.6. The first-order chi connectivity index (χ1) is 21.3. The second-order valence-electron chi connectivity index (χ2n) is 10.4. The number of thioether (sulfide) groups is 1. The number of fused-ring (bicyclic) bond motifs is 1. The number of morpholine rings is 1. The van der Waals surface area contributed by atoms with Crippen LogP contribution in [0.2, 0.25) is 0 Å². The fourth-order valence-electron chi connectivity index (χ4n) is 5.11. The lowest BCUT2D eigenvalue weighted by atomic mass is 10.0. The monoisotopic (exact) mass is 630 g/mol. The normalized spacial score (nSPS) is 16.7. The van der Waals surface area contributed by atoms with E-state index in [2.05, 4.69) is 9.88 Å². The highest BCUT2D eigenvalue weighted by molar-refractivity contribution is 8.26. The Morgan fingerprint density at radius 3 is 2.66 bits per heavy atom. The number of nitrogens with zero attached hydrogens (tertiary/aromatic N) is 3. The van der Waals surface area contributed by atoms with Crippen LogP contribution in [0.3, 0.4) is 0 Å². The van der Waals surface area contributed by atoms with E-state index in [4.69, 9.17) is 36.9 Å². The number of rotatable bonds is 10. The number of carbonyl (C=O) groups is 2. The number of nitrogen functional groups attached to an aromatic ring is 1. The van der Waals surface area contributed by atoms with Crippen LogP contribution < -0.4 is 10.5 Å². The van der Waals surface area contributed by atoms with Gasteiger partial charge in [-0.15, -0.1) is 0 Å². The van der Waals surface area contributed by atoms with E-state index in [9.17, 15) is 9.59 Å². The van der Waals surface area contributed by atoms with Crippen LogP contribution in [0.1, 0.15) is 21.5 Å². The van der Waals surface area contributed by atoms with Crippen LogP contribution in [0.5, 0.6) is 5.75 Å². The first kappa shape index (κ1) is 29.8. The van der Waals surface area contributed by atoms with Crippen molar-refractivity contribution in [2.75, 3.05) is 51.7 Å². The molecule has 0 spiro atoms. The van der Waals surface area contributed by atoms with Gasteiger partial charge in [0.15, 0.2) is 5.58 Å². The summed E-state index contributed by atoms with van der Waals surface area (Å²) in [6.07, 6.45) is 2.39. The maximum atomic E-state index is 13.4. The van der Waals surface area contributed by atoms with Crippen LogP contribution in [-0.4, -0.2) is 82.1 Å². The number of aromatic carboxylic acids is 1. The van der Waals surface area contributed by atoms with Crippen LogP contribution in [0.4, 0.5) is 6.01 Å². The van der Waals surface area contributed by atoms with Gasteiger partial charge in [0, 0.05) is 31.7 Å². The lowest BCUT2D eigenvalue weighted by Gasteiger charge is -2.26. The van der Waals surface area contributed by atoms with E-state index in [1.165, 1.54) is 11.8 Å². The van der Waals surface area contributed by atoms with Crippen LogP contribution in [0.15, 0.2) is 70.0 Å². The molecule has 0 bridgehead atoms. The summed E-state index contributed by atoms with van der Waals surface area (Å²) in [5, 5.41) is 9.12. The van der Waals surface area contributed by atoms with Crippen molar-refractivity contribution in [3.8, 4) is 16.9 Å². The maximum absolute atomic E-state index is 13.4. The molecule has 0 unspecified atom stereocenters. The van der Waals surface area contributed by atoms with E-state index in [-0.39, 0.29) is 17.5 Å². The molecule has 1 aromatic heterocycles. The molecule has 44 heavy (non-hydrogen) atoms. The standard InChI is InChI=1S/C32H30N4O6S2/c33-31-34-25-19-23(6-8-27(25)42-31)24-17-21(3-7-26(24)41-16-13-35-11-14-40-15-12-35)18-28-29(37)36(32(43)44-28)10-9-20-1-4-22(5-2-20)30(38)39/h1-8,17-19H,9-16H2,(H2,33,34)(H,38,39)/b28-18-. The molecule has 12 heteroatoms. The van der Waals surface area contributed by atoms with Crippen molar-refractivity contribution in [3.05, 3.63) is 82.3 Å². The minimum Gasteiger partial charge on any atom is -0.492 e. The summed E-state index contributed by atoms with van der Waals surface area (Å²) < 4.78 is 17.7. The number of aromatic nitrogens is 1. The Balaban J connectivity index is 1.21. The molecule has 2 aliphatic rings. The van der Waals surface area contributed by atoms with Crippen molar-refractivity contribution < 1.29 is 28.6 Å². The molecule has 6 rings (SSSR count). The fourth-order valence-corrected chi connectivity index (χ4v) is 6.42. The van der Waals surface area contributed by atoms with Gasteiger partial charge in [-0.25, -0.2) is 4.79 Å². The number of benzene rings is 3. The number of hydrogen-bond donors (Lipinski definition) is 2. The van der Waals surface area contributed by atoms with E-state index in [1.807, 2.05) is 42.5 Å². The van der Waals surface area contributed by atoms with Gasteiger partial charge < -0.3 is 24.7 Å². The molecule has 226 valence electrons. The summed E-state index contributed by atoms with van der Waals surface area (Å²) in [7, 11) is 0. The van der Waals surface area contributed by atoms with E-state index in [0.29, 0.717) is 45.6 Å². The third-order valence-electron chi connectivity index (χ3n) is 7.48. The number of thiocarbonyl (C=S) groups is 1. The number of carbonyl (C=O) groups excluding carboxylic acids is 1. The van der Waals surface area contributed by atoms with Gasteiger partial charge in [-0.2, -0.15) is 4.98 Å². The first-order valence-electron chi connectivity index (χ1n) is 14.1. The Kier molecular flexibility index (Phi) is 8.94. The Morgan fingerprint density at radius 1 is 1.09 bits per heavy atom. The molecule has 10 nitrogen and oxygen atoms in total. The summed E-state index contributed by atoms with van der Waals surface area (Å²) in [4.78, 5) is 33.2. The summed E-state index contributed by atoms with van der Waals surface area (Å²) in [5.74, 6) is -0.417. The van der Waals surface area contributed by atoms with Crippen LogP contribution >= 0.6 is 24.0 Å². The zero-order valence-corrected chi connectivity index (χ0v) is 25.4. The number of oxazole rings is 1. The van der Waals surface area contributed by atoms with Crippen molar-refractivity contribution >= 4 is 63.4 Å². The topological polar surface area (TPSA) is 131 Å². The number of nitrogens with two attached hydrogens (primary N) is 1. The Bertz CT molecular complexity index is 1750. The molecule has 2 fully saturated rings. The molecule has 0 radical (unpaired) electrons. The molecular weight excluding hydrogens is 601 g/mol. The lowest BCUT2D eigenvalue weighted by molar-refractivity contribution is -0.122. The summed E-state index contributed by atoms with van der Waals surface area (Å²) >= 11 is 6.81. The highest BCUT2D eigenvalue weighted by atomic mass is 32.2. The van der Waals surface area contributed by atoms with Crippen LogP contribution in [0, 0.1) is 0 Å². The van der Waals surface area contributed by atoms with Crippen molar-refractivity contribution in [1.29, 1.82) is 0 Å². The predicted octanol–water partition coefficient (Wildman–Crippen LogP) is 4.93. The zero-order valence-electron chi connectivity index (χ0n) is 23.7. The van der Waals surface area contributed by atoms with Crippen LogP contribution in [-0.2, 0) is 16.0 Å². The van der Waals surface area contributed by atoms with Gasteiger partial charge in [-0.05, 0) is 65.6 Å². The second kappa shape index (κ2) is 13.2. The molecule has 2 aliphatic heterocycles. The second-order valence-corrected chi connectivity index (χ2v) is 12.1. The fraction of sp³-hybridized carbons (Fsp3) is 0.250. The molecule has 3 heterocycles. The highest BCUT2D eigenvalue weighted by Crippen LogP contribution is 2.37. The van der Waals surface area contributed by atoms with Gasteiger partial charge in [-0.3, -0.25) is 14.6 Å². The molecule has 4 aromatic rings. The van der Waals surface area contributed by atoms with Gasteiger partial charge in [0.05, 0.1) is 23.7 Å². The number of hydrogen-bond acceptors (Lipinski definition) is 10. The minimum absolute atomic E-state index is 0.104. The average molecular weight is 631 g/mol. The molecule has 0 atom stereocenters. The lowest BCUT2D eigenvalue weighted by Crippen LogP contribution is -2.38. The van der Waals surface area contributed by atoms with Crippen LogP contribution in [0.25, 0.3) is 28.3 Å². The largest absolute Gasteiger partial charge is 0.492 e. The molecular formula is C32H30N4O6S2. The van der Waals surface area contributed by atoms with Gasteiger partial charge in [0.1, 0.15) is 22.2 Å². The van der Waals surface area contributed by atoms with Crippen molar-refractivity contribution in [3.63, 3.8) is 0 Å². The predicted molar refractivity (Wildman–Crippen MR) is 174 cm³/mol. The summed E-state index contributed by atoms with van der Waals surface area (Å²) in [6.45, 7) is 4.93. The number of amides is 1. The molecule has 3 aromatic carbocycles. The Hall–Kier alpha value is -4.23. The third kappa shape index (κ3) is 6.78. The van der Waals surface area contributed by atoms with E-state index >= 15 is 0 Å². The SMILES string of the molecule is Nc1nc2cc(-c3cc(/C=C4\SC(=S)N(CCc5ccc(C(=O)O)cc5)C4=O)ccc3OCCN3CCOCC3)ccc2o1.